The Balaban J connectivity index is 1.95. The number of benzene rings is 1. The number of rotatable bonds is 4. The van der Waals surface area contributed by atoms with Gasteiger partial charge in [0.05, 0.1) is 0 Å². The lowest BCUT2D eigenvalue weighted by atomic mass is 10.1. The Labute approximate surface area is 106 Å². The van der Waals surface area contributed by atoms with Gasteiger partial charge in [-0.25, -0.2) is 0 Å². The van der Waals surface area contributed by atoms with Gasteiger partial charge in [0, 0.05) is 18.0 Å². The third kappa shape index (κ3) is 2.88. The molecule has 96 valence electrons. The first kappa shape index (κ1) is 12.6. The van der Waals surface area contributed by atoms with Gasteiger partial charge in [-0.05, 0) is 44.0 Å². The quantitative estimate of drug-likeness (QED) is 0.881. The molecule has 0 bridgehead atoms. The van der Waals surface area contributed by atoms with Crippen molar-refractivity contribution in [1.29, 1.82) is 0 Å². The molecule has 0 saturated carbocycles. The van der Waals surface area contributed by atoms with E-state index in [0.717, 1.165) is 17.5 Å². The lowest BCUT2D eigenvalue weighted by molar-refractivity contribution is -0.123. The molecule has 1 aliphatic carbocycles. The first-order valence-corrected chi connectivity index (χ1v) is 6.14. The number of Topliss-reactive ketones (excluding diaryl/α,β-unsaturated/α-hetero) is 1. The van der Waals surface area contributed by atoms with Gasteiger partial charge in [-0.3, -0.25) is 9.59 Å². The number of ether oxygens (including phenoxy) is 1. The van der Waals surface area contributed by atoms with Crippen LogP contribution < -0.4 is 10.1 Å². The Hall–Kier alpha value is -1.84. The average Bonchev–Trinajstić information content (AvgIpc) is 2.67. The Morgan fingerprint density at radius 3 is 2.89 bits per heavy atom. The maximum Gasteiger partial charge on any atom is 0.258 e. The first-order valence-electron chi connectivity index (χ1n) is 6.14. The van der Waals surface area contributed by atoms with E-state index in [-0.39, 0.29) is 24.3 Å². The predicted octanol–water partition coefficient (Wildman–Crippen LogP) is 1.72. The number of carbonyl (C=O) groups is 2. The number of nitrogens with one attached hydrogen (secondary N) is 1. The van der Waals surface area contributed by atoms with Gasteiger partial charge >= 0.3 is 0 Å². The zero-order chi connectivity index (χ0) is 13.1. The van der Waals surface area contributed by atoms with E-state index in [1.807, 2.05) is 19.9 Å². The summed E-state index contributed by atoms with van der Waals surface area (Å²) in [5.74, 6) is 0.693. The van der Waals surface area contributed by atoms with Crippen LogP contribution in [0.5, 0.6) is 5.75 Å². The third-order valence-corrected chi connectivity index (χ3v) is 2.82. The Bertz CT molecular complexity index is 480. The van der Waals surface area contributed by atoms with Crippen molar-refractivity contribution in [2.24, 2.45) is 0 Å². The molecule has 18 heavy (non-hydrogen) atoms. The van der Waals surface area contributed by atoms with Crippen LogP contribution in [0.3, 0.4) is 0 Å². The van der Waals surface area contributed by atoms with E-state index < -0.39 is 0 Å². The number of fused-ring (bicyclic) bond motifs is 1. The molecule has 0 aromatic heterocycles. The lowest BCUT2D eigenvalue weighted by Crippen LogP contribution is -2.34. The van der Waals surface area contributed by atoms with Gasteiger partial charge in [-0.1, -0.05) is 0 Å². The zero-order valence-electron chi connectivity index (χ0n) is 10.7. The zero-order valence-corrected chi connectivity index (χ0v) is 10.7. The fraction of sp³-hybridized carbons (Fsp3) is 0.429. The monoisotopic (exact) mass is 247 g/mol. The van der Waals surface area contributed by atoms with Crippen molar-refractivity contribution in [2.45, 2.75) is 32.7 Å². The van der Waals surface area contributed by atoms with E-state index in [2.05, 4.69) is 5.32 Å². The molecule has 1 amide bonds. The van der Waals surface area contributed by atoms with Crippen molar-refractivity contribution in [3.63, 3.8) is 0 Å². The van der Waals surface area contributed by atoms with Gasteiger partial charge in [0.25, 0.3) is 5.91 Å². The number of ketones is 1. The highest BCUT2D eigenvalue weighted by atomic mass is 16.5. The van der Waals surface area contributed by atoms with Crippen molar-refractivity contribution in [3.8, 4) is 5.75 Å². The average molecular weight is 247 g/mol. The molecule has 1 aliphatic rings. The summed E-state index contributed by atoms with van der Waals surface area (Å²) >= 11 is 0. The SMILES string of the molecule is CC(C)NC(=O)COc1ccc2c(c1)CCC2=O. The molecule has 4 nitrogen and oxygen atoms in total. The van der Waals surface area contributed by atoms with Crippen molar-refractivity contribution in [3.05, 3.63) is 29.3 Å². The van der Waals surface area contributed by atoms with E-state index in [0.29, 0.717) is 12.2 Å². The summed E-state index contributed by atoms with van der Waals surface area (Å²) in [5, 5.41) is 2.75. The number of aryl methyl sites for hydroxylation is 1. The highest BCUT2D eigenvalue weighted by molar-refractivity contribution is 6.00. The van der Waals surface area contributed by atoms with E-state index >= 15 is 0 Å². The van der Waals surface area contributed by atoms with Crippen LogP contribution >= 0.6 is 0 Å². The van der Waals surface area contributed by atoms with Gasteiger partial charge in [-0.15, -0.1) is 0 Å². The van der Waals surface area contributed by atoms with Crippen LogP contribution in [0.2, 0.25) is 0 Å². The second-order valence-electron chi connectivity index (χ2n) is 4.75. The summed E-state index contributed by atoms with van der Waals surface area (Å²) in [6, 6.07) is 5.48. The van der Waals surface area contributed by atoms with Crippen LogP contribution in [0.1, 0.15) is 36.2 Å². The smallest absolute Gasteiger partial charge is 0.258 e. The van der Waals surface area contributed by atoms with Crippen molar-refractivity contribution in [2.75, 3.05) is 6.61 Å². The lowest BCUT2D eigenvalue weighted by Gasteiger charge is -2.10. The van der Waals surface area contributed by atoms with Crippen molar-refractivity contribution >= 4 is 11.7 Å². The van der Waals surface area contributed by atoms with Gasteiger partial charge in [-0.2, -0.15) is 0 Å². The van der Waals surface area contributed by atoms with Gasteiger partial charge in [0.2, 0.25) is 0 Å². The second kappa shape index (κ2) is 5.21. The summed E-state index contributed by atoms with van der Waals surface area (Å²) < 4.78 is 5.41. The van der Waals surface area contributed by atoms with Crippen LogP contribution in [0, 0.1) is 0 Å². The summed E-state index contributed by atoms with van der Waals surface area (Å²) in [5.41, 5.74) is 1.80. The van der Waals surface area contributed by atoms with E-state index in [1.54, 1.807) is 12.1 Å². The molecule has 0 aliphatic heterocycles. The van der Waals surface area contributed by atoms with E-state index in [4.69, 9.17) is 4.74 Å². The molecule has 0 fully saturated rings. The minimum Gasteiger partial charge on any atom is -0.484 e. The summed E-state index contributed by atoms with van der Waals surface area (Å²) in [7, 11) is 0. The van der Waals surface area contributed by atoms with Crippen LogP contribution in [0.4, 0.5) is 0 Å². The molecule has 0 radical (unpaired) electrons. The standard InChI is InChI=1S/C14H17NO3/c1-9(2)15-14(17)8-18-11-4-5-12-10(7-11)3-6-13(12)16/h4-5,7,9H,3,6,8H2,1-2H3,(H,15,17). The van der Waals surface area contributed by atoms with Gasteiger partial charge in [0.1, 0.15) is 5.75 Å². The van der Waals surface area contributed by atoms with Crippen LogP contribution in [-0.4, -0.2) is 24.3 Å². The van der Waals surface area contributed by atoms with Crippen LogP contribution in [0.15, 0.2) is 18.2 Å². The second-order valence-corrected chi connectivity index (χ2v) is 4.75. The maximum absolute atomic E-state index is 11.5. The molecule has 2 rings (SSSR count). The number of carbonyl (C=O) groups excluding carboxylic acids is 2. The van der Waals surface area contributed by atoms with Crippen molar-refractivity contribution in [1.82, 2.24) is 5.32 Å². The first-order chi connectivity index (χ1) is 8.56. The summed E-state index contributed by atoms with van der Waals surface area (Å²) in [6.07, 6.45) is 1.34. The van der Waals surface area contributed by atoms with Crippen LogP contribution in [0.25, 0.3) is 0 Å². The normalized spacial score (nSPS) is 13.6. The molecular formula is C14H17NO3. The minimum absolute atomic E-state index is 0.00487. The van der Waals surface area contributed by atoms with Crippen LogP contribution in [-0.2, 0) is 11.2 Å². The fourth-order valence-corrected chi connectivity index (χ4v) is 2.03. The highest BCUT2D eigenvalue weighted by Crippen LogP contribution is 2.25. The Morgan fingerprint density at radius 2 is 2.17 bits per heavy atom. The summed E-state index contributed by atoms with van der Waals surface area (Å²) in [4.78, 5) is 22.9. The molecule has 1 aromatic rings. The third-order valence-electron chi connectivity index (χ3n) is 2.82. The highest BCUT2D eigenvalue weighted by Gasteiger charge is 2.19. The molecule has 0 spiro atoms. The molecule has 1 aromatic carbocycles. The van der Waals surface area contributed by atoms with E-state index in [1.165, 1.54) is 0 Å². The minimum atomic E-state index is -0.137. The molecule has 1 N–H and O–H groups in total. The summed E-state index contributed by atoms with van der Waals surface area (Å²) in [6.45, 7) is 3.81. The number of hydrogen-bond acceptors (Lipinski definition) is 3. The number of amides is 1. The molecule has 0 saturated heterocycles. The van der Waals surface area contributed by atoms with Crippen molar-refractivity contribution < 1.29 is 14.3 Å². The van der Waals surface area contributed by atoms with Gasteiger partial charge in [0.15, 0.2) is 12.4 Å². The maximum atomic E-state index is 11.5. The van der Waals surface area contributed by atoms with E-state index in [9.17, 15) is 9.59 Å². The fourth-order valence-electron chi connectivity index (χ4n) is 2.03. The topological polar surface area (TPSA) is 55.4 Å². The molecule has 0 unspecified atom stereocenters. The predicted molar refractivity (Wildman–Crippen MR) is 67.9 cm³/mol. The largest absolute Gasteiger partial charge is 0.484 e. The molecule has 0 atom stereocenters. The van der Waals surface area contributed by atoms with Gasteiger partial charge < -0.3 is 10.1 Å². The Kier molecular flexibility index (Phi) is 3.65. The molecule has 0 heterocycles. The molecule has 4 heteroatoms. The Morgan fingerprint density at radius 1 is 1.39 bits per heavy atom. The number of hydrogen-bond donors (Lipinski definition) is 1. The molecular weight excluding hydrogens is 230 g/mol.